The highest BCUT2D eigenvalue weighted by atomic mass is 16.5. The number of aliphatic hydroxyl groups excluding tert-OH is 1. The maximum absolute atomic E-state index is 10.7. The zero-order valence-electron chi connectivity index (χ0n) is 12.5. The van der Waals surface area contributed by atoms with E-state index >= 15 is 0 Å². The van der Waals surface area contributed by atoms with Gasteiger partial charge in [0, 0.05) is 12.4 Å². The molecule has 0 aliphatic carbocycles. The van der Waals surface area contributed by atoms with Crippen molar-refractivity contribution in [1.82, 2.24) is 0 Å². The van der Waals surface area contributed by atoms with Crippen molar-refractivity contribution >= 4 is 11.9 Å². The SMILES string of the molecule is CCCCCC(O)O.CCOC(=O)CCCCC(=O)[O-]. The molecule has 0 radical (unpaired) electrons. The van der Waals surface area contributed by atoms with E-state index in [1.807, 2.05) is 0 Å². The summed E-state index contributed by atoms with van der Waals surface area (Å²) in [7, 11) is 0. The number of hydrogen-bond donors (Lipinski definition) is 2. The Morgan fingerprint density at radius 3 is 2.10 bits per heavy atom. The normalized spacial score (nSPS) is 9.85. The van der Waals surface area contributed by atoms with Crippen LogP contribution in [0.2, 0.25) is 0 Å². The predicted octanol–water partition coefficient (Wildman–Crippen LogP) is 0.737. The lowest BCUT2D eigenvalue weighted by atomic mass is 10.2. The Bertz CT molecular complexity index is 240. The van der Waals surface area contributed by atoms with Crippen molar-refractivity contribution in [2.45, 2.75) is 71.5 Å². The zero-order chi connectivity index (χ0) is 15.8. The highest BCUT2D eigenvalue weighted by Crippen LogP contribution is 2.00. The summed E-state index contributed by atoms with van der Waals surface area (Å²) in [4.78, 5) is 20.6. The quantitative estimate of drug-likeness (QED) is 0.349. The van der Waals surface area contributed by atoms with Crippen LogP contribution in [0.3, 0.4) is 0 Å². The largest absolute Gasteiger partial charge is 0.550 e. The zero-order valence-corrected chi connectivity index (χ0v) is 12.5. The van der Waals surface area contributed by atoms with E-state index in [0.29, 0.717) is 32.3 Å². The third-order valence-corrected chi connectivity index (χ3v) is 2.38. The number of carboxylic acid groups (broad SMARTS) is 1. The molecule has 0 bridgehead atoms. The Labute approximate surface area is 120 Å². The Hall–Kier alpha value is -1.14. The van der Waals surface area contributed by atoms with Crippen LogP contribution in [0, 0.1) is 0 Å². The van der Waals surface area contributed by atoms with Gasteiger partial charge in [-0.2, -0.15) is 0 Å². The second-order valence-electron chi connectivity index (χ2n) is 4.36. The Balaban J connectivity index is 0. The number of rotatable bonds is 10. The van der Waals surface area contributed by atoms with Gasteiger partial charge in [0.15, 0.2) is 6.29 Å². The van der Waals surface area contributed by atoms with E-state index in [2.05, 4.69) is 11.7 Å². The van der Waals surface area contributed by atoms with Gasteiger partial charge in [-0.25, -0.2) is 0 Å². The van der Waals surface area contributed by atoms with Crippen molar-refractivity contribution in [1.29, 1.82) is 0 Å². The summed E-state index contributed by atoms with van der Waals surface area (Å²) in [6.45, 7) is 4.20. The molecule has 0 aromatic heterocycles. The lowest BCUT2D eigenvalue weighted by Crippen LogP contribution is -2.21. The van der Waals surface area contributed by atoms with Crippen LogP contribution in [0.25, 0.3) is 0 Å². The summed E-state index contributed by atoms with van der Waals surface area (Å²) in [5.41, 5.74) is 0. The van der Waals surface area contributed by atoms with Gasteiger partial charge in [0.1, 0.15) is 0 Å². The van der Waals surface area contributed by atoms with E-state index in [9.17, 15) is 14.7 Å². The number of carboxylic acids is 1. The average Bonchev–Trinajstić information content (AvgIpc) is 2.35. The first-order chi connectivity index (χ1) is 9.43. The molecule has 0 aromatic rings. The van der Waals surface area contributed by atoms with Crippen LogP contribution < -0.4 is 5.11 Å². The van der Waals surface area contributed by atoms with E-state index in [-0.39, 0.29) is 12.4 Å². The molecule has 6 heteroatoms. The minimum Gasteiger partial charge on any atom is -0.550 e. The lowest BCUT2D eigenvalue weighted by Gasteiger charge is -2.02. The first-order valence-corrected chi connectivity index (χ1v) is 7.15. The molecule has 0 spiro atoms. The van der Waals surface area contributed by atoms with Crippen LogP contribution in [0.4, 0.5) is 0 Å². The standard InChI is InChI=1S/C8H14O4.C6H14O2/c1-2-12-8(11)6-4-3-5-7(9)10;1-2-3-4-5-6(7)8/h2-6H2,1H3,(H,9,10);6-8H,2-5H2,1H3/p-1. The Morgan fingerprint density at radius 2 is 1.65 bits per heavy atom. The predicted molar refractivity (Wildman–Crippen MR) is 72.5 cm³/mol. The molecule has 20 heavy (non-hydrogen) atoms. The van der Waals surface area contributed by atoms with E-state index in [0.717, 1.165) is 19.3 Å². The van der Waals surface area contributed by atoms with Crippen LogP contribution in [-0.2, 0) is 14.3 Å². The molecular weight excluding hydrogens is 264 g/mol. The molecule has 0 amide bonds. The molecule has 0 heterocycles. The van der Waals surface area contributed by atoms with Gasteiger partial charge in [0.2, 0.25) is 0 Å². The number of aliphatic hydroxyl groups is 2. The van der Waals surface area contributed by atoms with E-state index < -0.39 is 12.3 Å². The number of aliphatic carboxylic acids is 1. The van der Waals surface area contributed by atoms with Crippen LogP contribution in [0.1, 0.15) is 65.2 Å². The third-order valence-electron chi connectivity index (χ3n) is 2.38. The maximum Gasteiger partial charge on any atom is 0.305 e. The highest BCUT2D eigenvalue weighted by molar-refractivity contribution is 5.69. The number of esters is 1. The number of ether oxygens (including phenoxy) is 1. The van der Waals surface area contributed by atoms with Crippen LogP contribution in [0.15, 0.2) is 0 Å². The molecule has 2 N–H and O–H groups in total. The van der Waals surface area contributed by atoms with E-state index in [4.69, 9.17) is 10.2 Å². The summed E-state index contributed by atoms with van der Waals surface area (Å²) >= 11 is 0. The fourth-order valence-electron chi connectivity index (χ4n) is 1.35. The summed E-state index contributed by atoms with van der Waals surface area (Å²) < 4.78 is 4.65. The van der Waals surface area contributed by atoms with Gasteiger partial charge in [0.05, 0.1) is 6.61 Å². The van der Waals surface area contributed by atoms with Crippen molar-refractivity contribution in [2.24, 2.45) is 0 Å². The first kappa shape index (κ1) is 21.2. The second kappa shape index (κ2) is 15.9. The molecule has 0 aromatic carbocycles. The van der Waals surface area contributed by atoms with E-state index in [1.54, 1.807) is 6.92 Å². The Morgan fingerprint density at radius 1 is 1.05 bits per heavy atom. The molecule has 0 saturated heterocycles. The monoisotopic (exact) mass is 291 g/mol. The van der Waals surface area contributed by atoms with Gasteiger partial charge >= 0.3 is 5.97 Å². The number of unbranched alkanes of at least 4 members (excludes halogenated alkanes) is 3. The fourth-order valence-corrected chi connectivity index (χ4v) is 1.35. The van der Waals surface area contributed by atoms with Crippen LogP contribution in [0.5, 0.6) is 0 Å². The maximum atomic E-state index is 10.7. The highest BCUT2D eigenvalue weighted by Gasteiger charge is 2.00. The van der Waals surface area contributed by atoms with Gasteiger partial charge in [-0.3, -0.25) is 4.79 Å². The van der Waals surface area contributed by atoms with Crippen molar-refractivity contribution in [3.8, 4) is 0 Å². The molecule has 0 fully saturated rings. The number of carbonyl (C=O) groups is 2. The van der Waals surface area contributed by atoms with Crippen molar-refractivity contribution < 1.29 is 29.6 Å². The first-order valence-electron chi connectivity index (χ1n) is 7.15. The van der Waals surface area contributed by atoms with Crippen LogP contribution >= 0.6 is 0 Å². The Kier molecular flexibility index (Phi) is 16.8. The number of hydrogen-bond acceptors (Lipinski definition) is 6. The van der Waals surface area contributed by atoms with Crippen molar-refractivity contribution in [2.75, 3.05) is 6.61 Å². The summed E-state index contributed by atoms with van der Waals surface area (Å²) in [6, 6.07) is 0. The van der Waals surface area contributed by atoms with Gasteiger partial charge in [-0.05, 0) is 39.0 Å². The molecule has 0 saturated carbocycles. The third kappa shape index (κ3) is 22.1. The summed E-state index contributed by atoms with van der Waals surface area (Å²) in [6.07, 6.45) is 3.91. The van der Waals surface area contributed by atoms with Gasteiger partial charge < -0.3 is 24.9 Å². The molecule has 0 rings (SSSR count). The molecule has 6 nitrogen and oxygen atoms in total. The fraction of sp³-hybridized carbons (Fsp3) is 0.857. The smallest absolute Gasteiger partial charge is 0.305 e. The second-order valence-corrected chi connectivity index (χ2v) is 4.36. The van der Waals surface area contributed by atoms with Crippen molar-refractivity contribution in [3.63, 3.8) is 0 Å². The molecule has 0 unspecified atom stereocenters. The van der Waals surface area contributed by atoms with Crippen molar-refractivity contribution in [3.05, 3.63) is 0 Å². The van der Waals surface area contributed by atoms with Gasteiger partial charge in [-0.15, -0.1) is 0 Å². The topological polar surface area (TPSA) is 107 Å². The summed E-state index contributed by atoms with van der Waals surface area (Å²) in [5, 5.41) is 26.6. The number of carbonyl (C=O) groups excluding carboxylic acids is 2. The molecular formula is C14H27O6-. The van der Waals surface area contributed by atoms with E-state index in [1.165, 1.54) is 0 Å². The van der Waals surface area contributed by atoms with Gasteiger partial charge in [0.25, 0.3) is 0 Å². The minimum atomic E-state index is -1.10. The van der Waals surface area contributed by atoms with Crippen LogP contribution in [-0.4, -0.2) is 35.0 Å². The summed E-state index contributed by atoms with van der Waals surface area (Å²) in [5.74, 6) is -1.34. The molecule has 0 aliphatic rings. The average molecular weight is 291 g/mol. The molecule has 120 valence electrons. The lowest BCUT2D eigenvalue weighted by molar-refractivity contribution is -0.305. The van der Waals surface area contributed by atoms with Gasteiger partial charge in [-0.1, -0.05) is 19.8 Å². The molecule has 0 atom stereocenters. The molecule has 0 aliphatic heterocycles. The minimum absolute atomic E-state index is 0.0133.